The average Bonchev–Trinajstić information content (AvgIpc) is 2.63. The Morgan fingerprint density at radius 2 is 1.78 bits per heavy atom. The van der Waals surface area contributed by atoms with Gasteiger partial charge in [-0.3, -0.25) is 4.72 Å². The van der Waals surface area contributed by atoms with Crippen molar-refractivity contribution >= 4 is 21.4 Å². The van der Waals surface area contributed by atoms with Gasteiger partial charge in [0.15, 0.2) is 0 Å². The van der Waals surface area contributed by atoms with Crippen LogP contribution in [0, 0.1) is 0 Å². The van der Waals surface area contributed by atoms with Gasteiger partial charge >= 0.3 is 0 Å². The van der Waals surface area contributed by atoms with Crippen molar-refractivity contribution < 1.29 is 17.9 Å². The molecule has 0 bridgehead atoms. The first-order valence-corrected chi connectivity index (χ1v) is 10.5. The molecule has 1 heterocycles. The molecule has 7 heteroatoms. The summed E-state index contributed by atoms with van der Waals surface area (Å²) >= 11 is 0. The maximum Gasteiger partial charge on any atom is 0.261 e. The molecule has 0 unspecified atom stereocenters. The predicted molar refractivity (Wildman–Crippen MR) is 107 cm³/mol. The molecule has 146 valence electrons. The highest BCUT2D eigenvalue weighted by Crippen LogP contribution is 2.28. The Bertz CT molecular complexity index is 862. The van der Waals surface area contributed by atoms with Gasteiger partial charge in [0, 0.05) is 17.9 Å². The minimum absolute atomic E-state index is 0.0957. The van der Waals surface area contributed by atoms with E-state index in [0.717, 1.165) is 12.2 Å². The zero-order valence-corrected chi connectivity index (χ0v) is 16.8. The van der Waals surface area contributed by atoms with E-state index in [0.29, 0.717) is 31.3 Å². The van der Waals surface area contributed by atoms with Crippen molar-refractivity contribution in [3.63, 3.8) is 0 Å². The van der Waals surface area contributed by atoms with Crippen LogP contribution in [-0.2, 0) is 14.8 Å². The van der Waals surface area contributed by atoms with E-state index in [2.05, 4.69) is 23.5 Å². The predicted octanol–water partition coefficient (Wildman–Crippen LogP) is 3.50. The van der Waals surface area contributed by atoms with E-state index in [9.17, 15) is 8.42 Å². The van der Waals surface area contributed by atoms with Crippen LogP contribution >= 0.6 is 0 Å². The van der Waals surface area contributed by atoms with Gasteiger partial charge in [-0.25, -0.2) is 8.42 Å². The molecule has 0 spiro atoms. The number of hydrogen-bond acceptors (Lipinski definition) is 5. The second-order valence-electron chi connectivity index (χ2n) is 7.07. The molecule has 1 saturated heterocycles. The topological polar surface area (TPSA) is 67.9 Å². The van der Waals surface area contributed by atoms with Crippen molar-refractivity contribution in [3.8, 4) is 5.75 Å². The average molecular weight is 391 g/mol. The number of nitrogens with zero attached hydrogens (tertiary/aromatic N) is 1. The minimum Gasteiger partial charge on any atom is -0.494 e. The molecule has 2 aromatic carbocycles. The van der Waals surface area contributed by atoms with Crippen LogP contribution < -0.4 is 14.4 Å². The Morgan fingerprint density at radius 1 is 1.11 bits per heavy atom. The largest absolute Gasteiger partial charge is 0.494 e. The molecule has 1 aliphatic heterocycles. The number of anilines is 2. The first-order valence-electron chi connectivity index (χ1n) is 9.03. The molecule has 1 N–H and O–H groups in total. The smallest absolute Gasteiger partial charge is 0.261 e. The van der Waals surface area contributed by atoms with Crippen molar-refractivity contribution in [2.75, 3.05) is 36.0 Å². The summed E-state index contributed by atoms with van der Waals surface area (Å²) in [6, 6.07) is 13.8. The summed E-state index contributed by atoms with van der Waals surface area (Å²) in [4.78, 5) is 2.48. The van der Waals surface area contributed by atoms with E-state index >= 15 is 0 Å². The Balaban J connectivity index is 1.73. The van der Waals surface area contributed by atoms with Crippen LogP contribution in [0.15, 0.2) is 53.4 Å². The van der Waals surface area contributed by atoms with Crippen LogP contribution in [0.5, 0.6) is 5.75 Å². The van der Waals surface area contributed by atoms with Gasteiger partial charge in [0.2, 0.25) is 0 Å². The number of morpholine rings is 1. The van der Waals surface area contributed by atoms with Gasteiger partial charge in [-0.1, -0.05) is 0 Å². The number of nitrogens with one attached hydrogen (secondary N) is 1. The van der Waals surface area contributed by atoms with E-state index in [1.54, 1.807) is 24.3 Å². The van der Waals surface area contributed by atoms with Crippen LogP contribution in [0.4, 0.5) is 11.4 Å². The number of benzene rings is 2. The second-order valence-corrected chi connectivity index (χ2v) is 8.76. The first kappa shape index (κ1) is 19.5. The van der Waals surface area contributed by atoms with E-state index in [4.69, 9.17) is 9.47 Å². The summed E-state index contributed by atoms with van der Waals surface area (Å²) < 4.78 is 38.7. The third kappa shape index (κ3) is 4.54. The summed E-state index contributed by atoms with van der Waals surface area (Å²) in [6.07, 6.45) is 0. The fourth-order valence-corrected chi connectivity index (χ4v) is 4.20. The maximum atomic E-state index is 12.6. The molecule has 3 rings (SSSR count). The fraction of sp³-hybridized carbons (Fsp3) is 0.400. The molecule has 0 amide bonds. The number of sulfonamides is 1. The van der Waals surface area contributed by atoms with Gasteiger partial charge in [0.05, 0.1) is 30.3 Å². The molecule has 0 atom stereocenters. The lowest BCUT2D eigenvalue weighted by Crippen LogP contribution is -2.53. The Kier molecular flexibility index (Phi) is 5.62. The van der Waals surface area contributed by atoms with Crippen LogP contribution in [-0.4, -0.2) is 40.3 Å². The highest BCUT2D eigenvalue weighted by Gasteiger charge is 2.30. The Morgan fingerprint density at radius 3 is 2.37 bits per heavy atom. The summed E-state index contributed by atoms with van der Waals surface area (Å²) in [5.74, 6) is 0.647. The SMILES string of the molecule is CCOc1ccc(S(=O)(=O)Nc2ccc(N3CCOCC3(C)C)cc2)cc1. The standard InChI is InChI=1S/C20H26N2O4S/c1-4-26-18-9-11-19(12-10-18)27(23,24)21-16-5-7-17(8-6-16)22-13-14-25-15-20(22,2)3/h5-12,21H,4,13-15H2,1-3H3. The maximum absolute atomic E-state index is 12.6. The van der Waals surface area contributed by atoms with Crippen molar-refractivity contribution in [3.05, 3.63) is 48.5 Å². The van der Waals surface area contributed by atoms with Crippen LogP contribution in [0.1, 0.15) is 20.8 Å². The van der Waals surface area contributed by atoms with Crippen LogP contribution in [0.3, 0.4) is 0 Å². The van der Waals surface area contributed by atoms with E-state index in [1.165, 1.54) is 12.1 Å². The Hall–Kier alpha value is -2.25. The second kappa shape index (κ2) is 7.78. The van der Waals surface area contributed by atoms with Crippen LogP contribution in [0.2, 0.25) is 0 Å². The molecule has 27 heavy (non-hydrogen) atoms. The molecule has 2 aromatic rings. The summed E-state index contributed by atoms with van der Waals surface area (Å²) in [5, 5.41) is 0. The molecule has 6 nitrogen and oxygen atoms in total. The van der Waals surface area contributed by atoms with Gasteiger partial charge in [0.1, 0.15) is 5.75 Å². The van der Waals surface area contributed by atoms with Gasteiger partial charge < -0.3 is 14.4 Å². The zero-order chi connectivity index (χ0) is 19.5. The summed E-state index contributed by atoms with van der Waals surface area (Å²) in [7, 11) is -3.64. The normalized spacial score (nSPS) is 16.8. The monoisotopic (exact) mass is 390 g/mol. The molecule has 0 aliphatic carbocycles. The number of hydrogen-bond donors (Lipinski definition) is 1. The van der Waals surface area contributed by atoms with E-state index in [1.807, 2.05) is 19.1 Å². The van der Waals surface area contributed by atoms with Crippen molar-refractivity contribution in [1.82, 2.24) is 0 Å². The number of ether oxygens (including phenoxy) is 2. The lowest BCUT2D eigenvalue weighted by molar-refractivity contribution is 0.0644. The summed E-state index contributed by atoms with van der Waals surface area (Å²) in [6.45, 7) is 8.85. The highest BCUT2D eigenvalue weighted by molar-refractivity contribution is 7.92. The van der Waals surface area contributed by atoms with Crippen molar-refractivity contribution in [2.24, 2.45) is 0 Å². The molecule has 1 aliphatic rings. The molecule has 0 saturated carbocycles. The van der Waals surface area contributed by atoms with Gasteiger partial charge in [-0.05, 0) is 69.3 Å². The highest BCUT2D eigenvalue weighted by atomic mass is 32.2. The third-order valence-electron chi connectivity index (χ3n) is 4.52. The third-order valence-corrected chi connectivity index (χ3v) is 5.92. The quantitative estimate of drug-likeness (QED) is 0.818. The minimum atomic E-state index is -3.64. The van der Waals surface area contributed by atoms with Gasteiger partial charge in [-0.2, -0.15) is 0 Å². The molecular formula is C20H26N2O4S. The molecule has 0 aromatic heterocycles. The van der Waals surface area contributed by atoms with E-state index in [-0.39, 0.29) is 10.4 Å². The molecule has 0 radical (unpaired) electrons. The summed E-state index contributed by atoms with van der Waals surface area (Å²) in [5.41, 5.74) is 1.48. The van der Waals surface area contributed by atoms with E-state index < -0.39 is 10.0 Å². The lowest BCUT2D eigenvalue weighted by atomic mass is 10.0. The zero-order valence-electron chi connectivity index (χ0n) is 15.9. The van der Waals surface area contributed by atoms with Crippen molar-refractivity contribution in [2.45, 2.75) is 31.2 Å². The molecular weight excluding hydrogens is 364 g/mol. The number of rotatable bonds is 6. The van der Waals surface area contributed by atoms with Gasteiger partial charge in [0.25, 0.3) is 10.0 Å². The first-order chi connectivity index (χ1) is 12.8. The lowest BCUT2D eigenvalue weighted by Gasteiger charge is -2.43. The van der Waals surface area contributed by atoms with Crippen LogP contribution in [0.25, 0.3) is 0 Å². The van der Waals surface area contributed by atoms with Gasteiger partial charge in [-0.15, -0.1) is 0 Å². The fourth-order valence-electron chi connectivity index (χ4n) is 3.14. The van der Waals surface area contributed by atoms with Crippen molar-refractivity contribution in [1.29, 1.82) is 0 Å². The molecule has 1 fully saturated rings. The Labute approximate surface area is 161 Å².